The van der Waals surface area contributed by atoms with Crippen molar-refractivity contribution in [2.75, 3.05) is 0 Å². The highest BCUT2D eigenvalue weighted by Crippen LogP contribution is 2.22. The maximum Gasteiger partial charge on any atom is 0.406 e. The average molecular weight is 271 g/mol. The number of pyridine rings is 1. The van der Waals surface area contributed by atoms with Gasteiger partial charge < -0.3 is 5.11 Å². The summed E-state index contributed by atoms with van der Waals surface area (Å²) in [6, 6.07) is 6.30. The fourth-order valence-corrected chi connectivity index (χ4v) is 1.85. The van der Waals surface area contributed by atoms with Crippen LogP contribution in [0.2, 0.25) is 0 Å². The summed E-state index contributed by atoms with van der Waals surface area (Å²) in [5, 5.41) is 9.06. The zero-order valence-electron chi connectivity index (χ0n) is 9.44. The van der Waals surface area contributed by atoms with Gasteiger partial charge in [0.05, 0.1) is 11.1 Å². The second-order valence-corrected chi connectivity index (χ2v) is 3.92. The summed E-state index contributed by atoms with van der Waals surface area (Å²) in [5.74, 6) is -1.35. The van der Waals surface area contributed by atoms with Gasteiger partial charge in [0.15, 0.2) is 0 Å². The van der Waals surface area contributed by atoms with Crippen LogP contribution in [0.15, 0.2) is 35.1 Å². The van der Waals surface area contributed by atoms with Crippen molar-refractivity contribution in [1.82, 2.24) is 4.57 Å². The van der Waals surface area contributed by atoms with Gasteiger partial charge in [-0.25, -0.2) is 4.79 Å². The number of carbonyl (C=O) groups is 1. The third kappa shape index (κ3) is 2.59. The molecule has 2 aromatic rings. The van der Waals surface area contributed by atoms with Crippen LogP contribution in [0.3, 0.4) is 0 Å². The van der Waals surface area contributed by atoms with Crippen LogP contribution in [0.1, 0.15) is 10.4 Å². The molecular formula is C12H8F3NO3. The first-order valence-electron chi connectivity index (χ1n) is 5.22. The molecule has 0 unspecified atom stereocenters. The number of alkyl halides is 3. The number of hydrogen-bond donors (Lipinski definition) is 1. The number of fused-ring (bicyclic) bond motifs is 1. The van der Waals surface area contributed by atoms with E-state index < -0.39 is 24.2 Å². The normalized spacial score (nSPS) is 11.7. The number of hydrogen-bond acceptors (Lipinski definition) is 2. The molecule has 100 valence electrons. The molecule has 0 amide bonds. The number of aromatic carboxylic acids is 1. The minimum Gasteiger partial charge on any atom is -0.478 e. The molecule has 0 aliphatic heterocycles. The van der Waals surface area contributed by atoms with E-state index in [1.165, 1.54) is 24.3 Å². The Labute approximate surface area is 104 Å². The van der Waals surface area contributed by atoms with E-state index in [2.05, 4.69) is 0 Å². The van der Waals surface area contributed by atoms with Crippen LogP contribution < -0.4 is 5.56 Å². The molecular weight excluding hydrogens is 263 g/mol. The lowest BCUT2D eigenvalue weighted by atomic mass is 10.1. The van der Waals surface area contributed by atoms with Gasteiger partial charge in [0.1, 0.15) is 6.54 Å². The molecule has 4 nitrogen and oxygen atoms in total. The molecule has 1 heterocycles. The standard InChI is InChI=1S/C12H8F3NO3/c13-12(14,15)6-16-9-4-2-1-3-7(9)8(11(18)19)5-10(16)17/h1-5H,6H2,(H,18,19). The monoisotopic (exact) mass is 271 g/mol. The number of para-hydroxylation sites is 1. The molecule has 0 spiro atoms. The Balaban J connectivity index is 2.80. The van der Waals surface area contributed by atoms with Gasteiger partial charge in [-0.15, -0.1) is 0 Å². The first-order valence-corrected chi connectivity index (χ1v) is 5.22. The Morgan fingerprint density at radius 2 is 1.89 bits per heavy atom. The number of halogens is 3. The van der Waals surface area contributed by atoms with Crippen molar-refractivity contribution < 1.29 is 23.1 Å². The van der Waals surface area contributed by atoms with Gasteiger partial charge in [0.2, 0.25) is 0 Å². The fourth-order valence-electron chi connectivity index (χ4n) is 1.85. The maximum atomic E-state index is 12.4. The Bertz CT molecular complexity index is 703. The highest BCUT2D eigenvalue weighted by Gasteiger charge is 2.29. The molecule has 0 atom stereocenters. The highest BCUT2D eigenvalue weighted by atomic mass is 19.4. The third-order valence-corrected chi connectivity index (χ3v) is 2.59. The Morgan fingerprint density at radius 3 is 2.47 bits per heavy atom. The van der Waals surface area contributed by atoms with Crippen LogP contribution in [0.4, 0.5) is 13.2 Å². The quantitative estimate of drug-likeness (QED) is 0.911. The van der Waals surface area contributed by atoms with Gasteiger partial charge in [-0.2, -0.15) is 13.2 Å². The fraction of sp³-hybridized carbons (Fsp3) is 0.167. The van der Waals surface area contributed by atoms with Crippen LogP contribution in [0.5, 0.6) is 0 Å². The molecule has 19 heavy (non-hydrogen) atoms. The van der Waals surface area contributed by atoms with E-state index >= 15 is 0 Å². The van der Waals surface area contributed by atoms with E-state index in [9.17, 15) is 22.8 Å². The Kier molecular flexibility index (Phi) is 3.05. The first kappa shape index (κ1) is 13.1. The van der Waals surface area contributed by atoms with Crippen LogP contribution in [0.25, 0.3) is 10.9 Å². The number of nitrogens with zero attached hydrogens (tertiary/aromatic N) is 1. The van der Waals surface area contributed by atoms with Crippen LogP contribution >= 0.6 is 0 Å². The Morgan fingerprint density at radius 1 is 1.26 bits per heavy atom. The predicted molar refractivity (Wildman–Crippen MR) is 61.2 cm³/mol. The van der Waals surface area contributed by atoms with Gasteiger partial charge in [-0.05, 0) is 6.07 Å². The lowest BCUT2D eigenvalue weighted by Crippen LogP contribution is -2.29. The molecule has 0 aliphatic rings. The molecule has 7 heteroatoms. The van der Waals surface area contributed by atoms with E-state index in [1.54, 1.807) is 0 Å². The van der Waals surface area contributed by atoms with Gasteiger partial charge in [-0.3, -0.25) is 9.36 Å². The molecule has 1 N–H and O–H groups in total. The second kappa shape index (κ2) is 4.42. The maximum absolute atomic E-state index is 12.4. The average Bonchev–Trinajstić information content (AvgIpc) is 2.31. The topological polar surface area (TPSA) is 59.3 Å². The van der Waals surface area contributed by atoms with Gasteiger partial charge in [0.25, 0.3) is 5.56 Å². The van der Waals surface area contributed by atoms with E-state index in [0.717, 1.165) is 0 Å². The van der Waals surface area contributed by atoms with E-state index in [1.807, 2.05) is 0 Å². The lowest BCUT2D eigenvalue weighted by molar-refractivity contribution is -0.140. The largest absolute Gasteiger partial charge is 0.478 e. The Hall–Kier alpha value is -2.31. The summed E-state index contributed by atoms with van der Waals surface area (Å²) in [6.07, 6.45) is -4.56. The summed E-state index contributed by atoms with van der Waals surface area (Å²) >= 11 is 0. The molecule has 0 fully saturated rings. The van der Waals surface area contributed by atoms with E-state index in [4.69, 9.17) is 5.11 Å². The molecule has 0 radical (unpaired) electrons. The van der Waals surface area contributed by atoms with Crippen molar-refractivity contribution in [2.45, 2.75) is 12.7 Å². The summed E-state index contributed by atoms with van der Waals surface area (Å²) in [5.41, 5.74) is -1.35. The van der Waals surface area contributed by atoms with Crippen LogP contribution in [-0.2, 0) is 6.54 Å². The van der Waals surface area contributed by atoms with Crippen molar-refractivity contribution in [3.8, 4) is 0 Å². The zero-order chi connectivity index (χ0) is 14.2. The van der Waals surface area contributed by atoms with Crippen LogP contribution in [0, 0.1) is 0 Å². The summed E-state index contributed by atoms with van der Waals surface area (Å²) in [4.78, 5) is 22.6. The minimum atomic E-state index is -4.56. The van der Waals surface area contributed by atoms with E-state index in [-0.39, 0.29) is 16.5 Å². The zero-order valence-corrected chi connectivity index (χ0v) is 9.44. The first-order chi connectivity index (χ1) is 8.79. The predicted octanol–water partition coefficient (Wildman–Crippen LogP) is 2.26. The summed E-state index contributed by atoms with van der Waals surface area (Å²) in [7, 11) is 0. The third-order valence-electron chi connectivity index (χ3n) is 2.59. The molecule has 0 bridgehead atoms. The number of aromatic nitrogens is 1. The van der Waals surface area contributed by atoms with Gasteiger partial charge in [-0.1, -0.05) is 18.2 Å². The minimum absolute atomic E-state index is 0.0512. The van der Waals surface area contributed by atoms with Crippen molar-refractivity contribution in [2.24, 2.45) is 0 Å². The van der Waals surface area contributed by atoms with Crippen molar-refractivity contribution >= 4 is 16.9 Å². The molecule has 0 aliphatic carbocycles. The molecule has 2 rings (SSSR count). The lowest BCUT2D eigenvalue weighted by Gasteiger charge is -2.13. The van der Waals surface area contributed by atoms with Crippen molar-refractivity contribution in [3.05, 3.63) is 46.2 Å². The van der Waals surface area contributed by atoms with Crippen molar-refractivity contribution in [3.63, 3.8) is 0 Å². The van der Waals surface area contributed by atoms with Crippen molar-refractivity contribution in [1.29, 1.82) is 0 Å². The number of carboxylic acid groups (broad SMARTS) is 1. The number of carboxylic acids is 1. The SMILES string of the molecule is O=C(O)c1cc(=O)n(CC(F)(F)F)c2ccccc12. The summed E-state index contributed by atoms with van der Waals surface area (Å²) < 4.78 is 37.8. The highest BCUT2D eigenvalue weighted by molar-refractivity contribution is 6.02. The summed E-state index contributed by atoms with van der Waals surface area (Å²) in [6.45, 7) is -1.45. The van der Waals surface area contributed by atoms with E-state index in [0.29, 0.717) is 10.6 Å². The second-order valence-electron chi connectivity index (χ2n) is 3.92. The van der Waals surface area contributed by atoms with Gasteiger partial charge in [0, 0.05) is 11.5 Å². The molecule has 0 saturated heterocycles. The molecule has 1 aromatic heterocycles. The number of rotatable bonds is 2. The molecule has 1 aromatic carbocycles. The van der Waals surface area contributed by atoms with Crippen LogP contribution in [-0.4, -0.2) is 21.8 Å². The smallest absolute Gasteiger partial charge is 0.406 e. The van der Waals surface area contributed by atoms with Gasteiger partial charge >= 0.3 is 12.1 Å². The number of benzene rings is 1. The molecule has 0 saturated carbocycles.